The van der Waals surface area contributed by atoms with Crippen LogP contribution < -0.4 is 10.1 Å². The molecular weight excluding hydrogens is 301 g/mol. The van der Waals surface area contributed by atoms with Gasteiger partial charge in [-0.15, -0.1) is 0 Å². The molecule has 5 nitrogen and oxygen atoms in total. The van der Waals surface area contributed by atoms with Crippen LogP contribution in [-0.2, 0) is 10.4 Å². The number of ether oxygens (including phenoxy) is 1. The molecule has 2 aromatic rings. The van der Waals surface area contributed by atoms with Crippen molar-refractivity contribution in [1.29, 1.82) is 0 Å². The van der Waals surface area contributed by atoms with Gasteiger partial charge < -0.3 is 15.2 Å². The quantitative estimate of drug-likeness (QED) is 0.849. The Morgan fingerprint density at radius 2 is 2.04 bits per heavy atom. The van der Waals surface area contributed by atoms with Crippen molar-refractivity contribution in [2.75, 3.05) is 12.4 Å². The number of para-hydroxylation sites is 1. The summed E-state index contributed by atoms with van der Waals surface area (Å²) in [7, 11) is 1.39. The lowest BCUT2D eigenvalue weighted by molar-refractivity contribution is -0.133. The van der Waals surface area contributed by atoms with E-state index in [0.29, 0.717) is 11.3 Å². The molecule has 2 aromatic carbocycles. The lowest BCUT2D eigenvalue weighted by atomic mass is 9.88. The van der Waals surface area contributed by atoms with E-state index in [1.165, 1.54) is 19.2 Å². The number of hydrogen-bond donors (Lipinski definition) is 2. The van der Waals surface area contributed by atoms with E-state index in [4.69, 9.17) is 4.74 Å². The lowest BCUT2D eigenvalue weighted by Gasteiger charge is -2.20. The van der Waals surface area contributed by atoms with Gasteiger partial charge in [-0.25, -0.2) is 4.39 Å². The summed E-state index contributed by atoms with van der Waals surface area (Å²) in [4.78, 5) is 24.4. The predicted molar refractivity (Wildman–Crippen MR) is 80.9 cm³/mol. The third-order valence-corrected chi connectivity index (χ3v) is 3.89. The molecule has 1 amide bonds. The highest BCUT2D eigenvalue weighted by Crippen LogP contribution is 2.39. The van der Waals surface area contributed by atoms with Crippen molar-refractivity contribution in [3.63, 3.8) is 0 Å². The van der Waals surface area contributed by atoms with Crippen molar-refractivity contribution in [2.45, 2.75) is 12.0 Å². The van der Waals surface area contributed by atoms with Crippen LogP contribution >= 0.6 is 0 Å². The molecule has 0 saturated heterocycles. The van der Waals surface area contributed by atoms with E-state index in [1.54, 1.807) is 24.3 Å². The van der Waals surface area contributed by atoms with Crippen molar-refractivity contribution in [3.05, 3.63) is 59.4 Å². The monoisotopic (exact) mass is 315 g/mol. The Bertz CT molecular complexity index is 805. The summed E-state index contributed by atoms with van der Waals surface area (Å²) in [5.74, 6) is -1.84. The second-order valence-corrected chi connectivity index (χ2v) is 5.31. The Labute approximate surface area is 131 Å². The maximum absolute atomic E-state index is 14.0. The van der Waals surface area contributed by atoms with Gasteiger partial charge in [0, 0.05) is 17.3 Å². The van der Waals surface area contributed by atoms with Crippen LogP contribution in [0.1, 0.15) is 22.3 Å². The van der Waals surface area contributed by atoms with Crippen molar-refractivity contribution in [2.24, 2.45) is 0 Å². The molecule has 0 unspecified atom stereocenters. The zero-order valence-corrected chi connectivity index (χ0v) is 12.3. The molecule has 1 heterocycles. The Hall–Kier alpha value is -2.73. The van der Waals surface area contributed by atoms with Crippen LogP contribution in [0, 0.1) is 5.82 Å². The minimum atomic E-state index is -2.00. The molecule has 23 heavy (non-hydrogen) atoms. The highest BCUT2D eigenvalue weighted by Gasteiger charge is 2.46. The zero-order chi connectivity index (χ0) is 16.6. The molecular formula is C17H14FNO4. The fraction of sp³-hybridized carbons (Fsp3) is 0.176. The van der Waals surface area contributed by atoms with Gasteiger partial charge in [-0.05, 0) is 18.2 Å². The molecule has 0 saturated carbocycles. The first kappa shape index (κ1) is 15.2. The van der Waals surface area contributed by atoms with Gasteiger partial charge in [0.1, 0.15) is 11.6 Å². The van der Waals surface area contributed by atoms with Crippen LogP contribution in [0.5, 0.6) is 5.75 Å². The van der Waals surface area contributed by atoms with Gasteiger partial charge in [0.05, 0.1) is 19.1 Å². The summed E-state index contributed by atoms with van der Waals surface area (Å²) in [5, 5.41) is 13.2. The van der Waals surface area contributed by atoms with Crippen LogP contribution in [0.15, 0.2) is 42.5 Å². The number of amides is 1. The standard InChI is InChI=1S/C17H14FNO4/c1-23-10-6-7-11(13(18)8-10)15(20)9-17(22)12-4-2-3-5-14(12)19-16(17)21/h2-8,22H,9H2,1H3,(H,19,21)/t17-/m1/s1. The molecule has 118 valence electrons. The molecule has 0 aliphatic carbocycles. The summed E-state index contributed by atoms with van der Waals surface area (Å²) in [6, 6.07) is 10.4. The lowest BCUT2D eigenvalue weighted by Crippen LogP contribution is -2.36. The number of halogens is 1. The summed E-state index contributed by atoms with van der Waals surface area (Å²) in [5.41, 5.74) is -1.44. The number of fused-ring (bicyclic) bond motifs is 1. The molecule has 0 radical (unpaired) electrons. The number of carbonyl (C=O) groups is 2. The SMILES string of the molecule is COc1ccc(C(=O)C[C@]2(O)C(=O)Nc3ccccc32)c(F)c1. The number of ketones is 1. The number of methoxy groups -OCH3 is 1. The van der Waals surface area contributed by atoms with Crippen LogP contribution in [0.3, 0.4) is 0 Å². The minimum absolute atomic E-state index is 0.198. The van der Waals surface area contributed by atoms with Crippen LogP contribution in [-0.4, -0.2) is 23.9 Å². The fourth-order valence-electron chi connectivity index (χ4n) is 2.65. The van der Waals surface area contributed by atoms with E-state index in [-0.39, 0.29) is 11.3 Å². The first-order valence-corrected chi connectivity index (χ1v) is 6.96. The third-order valence-electron chi connectivity index (χ3n) is 3.89. The smallest absolute Gasteiger partial charge is 0.261 e. The molecule has 0 spiro atoms. The summed E-state index contributed by atoms with van der Waals surface area (Å²) >= 11 is 0. The predicted octanol–water partition coefficient (Wildman–Crippen LogP) is 2.25. The van der Waals surface area contributed by atoms with Gasteiger partial charge in [0.2, 0.25) is 0 Å². The van der Waals surface area contributed by atoms with Gasteiger partial charge in [0.15, 0.2) is 11.4 Å². The van der Waals surface area contributed by atoms with Crippen LogP contribution in [0.2, 0.25) is 0 Å². The van der Waals surface area contributed by atoms with Crippen LogP contribution in [0.25, 0.3) is 0 Å². The van der Waals surface area contributed by atoms with Crippen molar-refractivity contribution in [1.82, 2.24) is 0 Å². The maximum atomic E-state index is 14.0. The second kappa shape index (κ2) is 5.48. The fourth-order valence-corrected chi connectivity index (χ4v) is 2.65. The second-order valence-electron chi connectivity index (χ2n) is 5.31. The number of Topliss-reactive ketones (excluding diaryl/α,β-unsaturated/α-hetero) is 1. The number of rotatable bonds is 4. The number of nitrogens with one attached hydrogen (secondary N) is 1. The highest BCUT2D eigenvalue weighted by molar-refractivity contribution is 6.09. The van der Waals surface area contributed by atoms with E-state index >= 15 is 0 Å². The number of aliphatic hydroxyl groups is 1. The topological polar surface area (TPSA) is 75.6 Å². The first-order valence-electron chi connectivity index (χ1n) is 6.96. The highest BCUT2D eigenvalue weighted by atomic mass is 19.1. The zero-order valence-electron chi connectivity index (χ0n) is 12.3. The Morgan fingerprint density at radius 1 is 1.30 bits per heavy atom. The first-order chi connectivity index (χ1) is 11.0. The summed E-state index contributed by atoms with van der Waals surface area (Å²) in [6.07, 6.45) is -0.543. The van der Waals surface area contributed by atoms with E-state index in [9.17, 15) is 19.1 Å². The van der Waals surface area contributed by atoms with Crippen LogP contribution in [0.4, 0.5) is 10.1 Å². The molecule has 1 aliphatic rings. The van der Waals surface area contributed by atoms with Crippen molar-refractivity contribution < 1.29 is 23.8 Å². The minimum Gasteiger partial charge on any atom is -0.497 e. The number of hydrogen-bond acceptors (Lipinski definition) is 4. The molecule has 0 fully saturated rings. The van der Waals surface area contributed by atoms with E-state index < -0.39 is 29.5 Å². The van der Waals surface area contributed by atoms with Gasteiger partial charge in [-0.3, -0.25) is 9.59 Å². The maximum Gasteiger partial charge on any atom is 0.261 e. The van der Waals surface area contributed by atoms with Gasteiger partial charge in [-0.1, -0.05) is 18.2 Å². The number of anilines is 1. The molecule has 1 atom stereocenters. The van der Waals surface area contributed by atoms with E-state index in [2.05, 4.69) is 5.32 Å². The summed E-state index contributed by atoms with van der Waals surface area (Å²) in [6.45, 7) is 0. The molecule has 2 N–H and O–H groups in total. The Balaban J connectivity index is 1.92. The number of carbonyl (C=O) groups excluding carboxylic acids is 2. The van der Waals surface area contributed by atoms with Gasteiger partial charge in [-0.2, -0.15) is 0 Å². The average Bonchev–Trinajstić information content (AvgIpc) is 2.78. The van der Waals surface area contributed by atoms with E-state index in [0.717, 1.165) is 6.07 Å². The van der Waals surface area contributed by atoms with Crippen molar-refractivity contribution >= 4 is 17.4 Å². The Morgan fingerprint density at radius 3 is 2.74 bits per heavy atom. The van der Waals surface area contributed by atoms with Gasteiger partial charge in [0.25, 0.3) is 5.91 Å². The molecule has 1 aliphatic heterocycles. The van der Waals surface area contributed by atoms with Gasteiger partial charge >= 0.3 is 0 Å². The molecule has 6 heteroatoms. The number of benzene rings is 2. The van der Waals surface area contributed by atoms with Crippen molar-refractivity contribution in [3.8, 4) is 5.75 Å². The summed E-state index contributed by atoms with van der Waals surface area (Å²) < 4.78 is 18.9. The largest absolute Gasteiger partial charge is 0.497 e. The Kier molecular flexibility index (Phi) is 3.61. The average molecular weight is 315 g/mol. The molecule has 0 bridgehead atoms. The normalized spacial score (nSPS) is 19.2. The van der Waals surface area contributed by atoms with E-state index in [1.807, 2.05) is 0 Å². The molecule has 0 aromatic heterocycles. The third kappa shape index (κ3) is 2.47. The molecule has 3 rings (SSSR count).